The number of carbonyl (C=O) groups excluding carboxylic acids is 1. The highest BCUT2D eigenvalue weighted by Gasteiger charge is 2.23. The first-order valence-electron chi connectivity index (χ1n) is 12.7. The van der Waals surface area contributed by atoms with Gasteiger partial charge in [-0.15, -0.1) is 11.8 Å². The van der Waals surface area contributed by atoms with Crippen molar-refractivity contribution < 1.29 is 13.2 Å². The van der Waals surface area contributed by atoms with E-state index in [1.165, 1.54) is 31.0 Å². The van der Waals surface area contributed by atoms with Crippen LogP contribution in [0.1, 0.15) is 66.4 Å². The quantitative estimate of drug-likeness (QED) is 0.507. The van der Waals surface area contributed by atoms with E-state index in [0.717, 1.165) is 74.4 Å². The molecule has 1 N–H and O–H groups in total. The van der Waals surface area contributed by atoms with Gasteiger partial charge in [0.25, 0.3) is 5.91 Å². The fraction of sp³-hybridized carbons (Fsp3) is 0.519. The zero-order valence-corrected chi connectivity index (χ0v) is 22.3. The molecule has 2 fully saturated rings. The largest absolute Gasteiger partial charge is 0.339 e. The summed E-state index contributed by atoms with van der Waals surface area (Å²) in [6, 6.07) is 13.0. The van der Waals surface area contributed by atoms with Crippen molar-refractivity contribution in [2.24, 2.45) is 0 Å². The molecule has 0 bridgehead atoms. The summed E-state index contributed by atoms with van der Waals surface area (Å²) in [6.45, 7) is 4.72. The van der Waals surface area contributed by atoms with E-state index in [0.29, 0.717) is 5.56 Å². The SMILES string of the molecule is CSc1ccc(S(=O)(=O)NCc2ccccc2CN2CCCCC2)cc1C(=O)N1CCCCCC1. The lowest BCUT2D eigenvalue weighted by atomic mass is 10.1. The third-order valence-corrected chi connectivity index (χ3v) is 9.21. The van der Waals surface area contributed by atoms with Crippen molar-refractivity contribution in [3.8, 4) is 0 Å². The molecule has 0 unspecified atom stereocenters. The Kier molecular flexibility index (Phi) is 9.27. The summed E-state index contributed by atoms with van der Waals surface area (Å²) in [4.78, 5) is 18.6. The highest BCUT2D eigenvalue weighted by Crippen LogP contribution is 2.26. The van der Waals surface area contributed by atoms with Crippen molar-refractivity contribution in [1.82, 2.24) is 14.5 Å². The molecule has 6 nitrogen and oxygen atoms in total. The van der Waals surface area contributed by atoms with E-state index in [1.54, 1.807) is 18.2 Å². The van der Waals surface area contributed by atoms with Gasteiger partial charge in [-0.1, -0.05) is 43.5 Å². The summed E-state index contributed by atoms with van der Waals surface area (Å²) in [5.74, 6) is -0.0693. The van der Waals surface area contributed by atoms with E-state index >= 15 is 0 Å². The minimum Gasteiger partial charge on any atom is -0.339 e. The van der Waals surface area contributed by atoms with E-state index in [-0.39, 0.29) is 17.3 Å². The van der Waals surface area contributed by atoms with Crippen LogP contribution in [0.15, 0.2) is 52.3 Å². The van der Waals surface area contributed by atoms with Crippen LogP contribution in [0.2, 0.25) is 0 Å². The molecule has 0 aliphatic carbocycles. The number of amides is 1. The lowest BCUT2D eigenvalue weighted by Gasteiger charge is -2.27. The third kappa shape index (κ3) is 6.88. The average Bonchev–Trinajstić information content (AvgIpc) is 3.18. The van der Waals surface area contributed by atoms with Crippen molar-refractivity contribution in [3.05, 3.63) is 59.2 Å². The van der Waals surface area contributed by atoms with E-state index in [4.69, 9.17) is 0 Å². The Morgan fingerprint density at radius 2 is 1.51 bits per heavy atom. The number of piperidine rings is 1. The maximum absolute atomic E-state index is 13.3. The number of hydrogen-bond acceptors (Lipinski definition) is 5. The number of thioether (sulfide) groups is 1. The Morgan fingerprint density at radius 1 is 0.886 bits per heavy atom. The Labute approximate surface area is 214 Å². The molecule has 0 radical (unpaired) electrons. The second-order valence-electron chi connectivity index (χ2n) is 9.50. The van der Waals surface area contributed by atoms with Gasteiger partial charge in [-0.3, -0.25) is 9.69 Å². The van der Waals surface area contributed by atoms with Crippen LogP contribution in [0.5, 0.6) is 0 Å². The molecular formula is C27H37N3O3S2. The normalized spacial score (nSPS) is 17.8. The van der Waals surface area contributed by atoms with Crippen LogP contribution in [-0.4, -0.2) is 56.6 Å². The molecule has 8 heteroatoms. The van der Waals surface area contributed by atoms with Crippen LogP contribution in [0.4, 0.5) is 0 Å². The predicted molar refractivity (Wildman–Crippen MR) is 142 cm³/mol. The number of rotatable bonds is 8. The van der Waals surface area contributed by atoms with Gasteiger partial charge in [0.2, 0.25) is 10.0 Å². The molecule has 4 rings (SSSR count). The molecule has 2 saturated heterocycles. The summed E-state index contributed by atoms with van der Waals surface area (Å²) < 4.78 is 29.3. The van der Waals surface area contributed by atoms with Gasteiger partial charge in [-0.2, -0.15) is 0 Å². The minimum atomic E-state index is -3.77. The van der Waals surface area contributed by atoms with E-state index in [2.05, 4.69) is 15.7 Å². The number of benzene rings is 2. The molecule has 2 heterocycles. The Bertz CT molecular complexity index is 1110. The Hall–Kier alpha value is -1.87. The lowest BCUT2D eigenvalue weighted by Crippen LogP contribution is -2.32. The van der Waals surface area contributed by atoms with E-state index in [1.807, 2.05) is 29.4 Å². The maximum Gasteiger partial charge on any atom is 0.255 e. The highest BCUT2D eigenvalue weighted by molar-refractivity contribution is 7.98. The summed E-state index contributed by atoms with van der Waals surface area (Å²) in [5, 5.41) is 0. The number of nitrogens with zero attached hydrogens (tertiary/aromatic N) is 2. The van der Waals surface area contributed by atoms with Gasteiger partial charge < -0.3 is 4.90 Å². The molecule has 0 saturated carbocycles. The fourth-order valence-corrected chi connectivity index (χ4v) is 6.57. The molecule has 2 aromatic rings. The predicted octanol–water partition coefficient (Wildman–Crippen LogP) is 4.89. The third-order valence-electron chi connectivity index (χ3n) is 7.02. The summed E-state index contributed by atoms with van der Waals surface area (Å²) in [6.07, 6.45) is 9.91. The smallest absolute Gasteiger partial charge is 0.255 e. The van der Waals surface area contributed by atoms with E-state index < -0.39 is 10.0 Å². The van der Waals surface area contributed by atoms with Crippen LogP contribution < -0.4 is 4.72 Å². The Balaban J connectivity index is 1.50. The monoisotopic (exact) mass is 515 g/mol. The van der Waals surface area contributed by atoms with Gasteiger partial charge in [0, 0.05) is 31.1 Å². The lowest BCUT2D eigenvalue weighted by molar-refractivity contribution is 0.0758. The fourth-order valence-electron chi connectivity index (χ4n) is 4.96. The van der Waals surface area contributed by atoms with Crippen LogP contribution in [-0.2, 0) is 23.1 Å². The molecule has 0 aromatic heterocycles. The van der Waals surface area contributed by atoms with E-state index in [9.17, 15) is 13.2 Å². The maximum atomic E-state index is 13.3. The average molecular weight is 516 g/mol. The topological polar surface area (TPSA) is 69.7 Å². The molecule has 0 atom stereocenters. The molecule has 0 spiro atoms. The second-order valence-corrected chi connectivity index (χ2v) is 12.1. The number of hydrogen-bond donors (Lipinski definition) is 1. The second kappa shape index (κ2) is 12.4. The van der Waals surface area contributed by atoms with Crippen molar-refractivity contribution in [2.75, 3.05) is 32.4 Å². The zero-order valence-electron chi connectivity index (χ0n) is 20.7. The van der Waals surface area contributed by atoms with Crippen LogP contribution in [0.3, 0.4) is 0 Å². The van der Waals surface area contributed by atoms with Gasteiger partial charge in [0.1, 0.15) is 0 Å². The van der Waals surface area contributed by atoms with Gasteiger partial charge >= 0.3 is 0 Å². The van der Waals surface area contributed by atoms with Crippen molar-refractivity contribution >= 4 is 27.7 Å². The zero-order chi connectivity index (χ0) is 24.7. The Morgan fingerprint density at radius 3 is 2.20 bits per heavy atom. The van der Waals surface area contributed by atoms with Gasteiger partial charge in [-0.05, 0) is 74.4 Å². The standard InChI is InChI=1S/C27H37N3O3S2/c1-34-26-14-13-24(19-25(26)27(31)30-17-9-2-3-10-18-30)35(32,33)28-20-22-11-5-6-12-23(22)21-29-15-7-4-8-16-29/h5-6,11-14,19,28H,2-4,7-10,15-18,20-21H2,1H3. The molecule has 190 valence electrons. The van der Waals surface area contributed by atoms with Gasteiger partial charge in [0.05, 0.1) is 10.5 Å². The minimum absolute atomic E-state index is 0.0693. The molecule has 35 heavy (non-hydrogen) atoms. The highest BCUT2D eigenvalue weighted by atomic mass is 32.2. The summed E-state index contributed by atoms with van der Waals surface area (Å²) in [5.41, 5.74) is 2.63. The van der Waals surface area contributed by atoms with Crippen molar-refractivity contribution in [3.63, 3.8) is 0 Å². The van der Waals surface area contributed by atoms with Crippen LogP contribution in [0.25, 0.3) is 0 Å². The molecular weight excluding hydrogens is 478 g/mol. The molecule has 2 aliphatic rings. The number of likely N-dealkylation sites (tertiary alicyclic amines) is 2. The van der Waals surface area contributed by atoms with Gasteiger partial charge in [0.15, 0.2) is 0 Å². The summed E-state index contributed by atoms with van der Waals surface area (Å²) in [7, 11) is -3.77. The number of nitrogens with one attached hydrogen (secondary N) is 1. The molecule has 2 aromatic carbocycles. The van der Waals surface area contributed by atoms with Crippen molar-refractivity contribution in [1.29, 1.82) is 0 Å². The molecule has 2 aliphatic heterocycles. The molecule has 1 amide bonds. The van der Waals surface area contributed by atoms with Crippen molar-refractivity contribution in [2.45, 2.75) is 67.8 Å². The number of carbonyl (C=O) groups is 1. The first-order chi connectivity index (χ1) is 17.0. The van der Waals surface area contributed by atoms with Gasteiger partial charge in [-0.25, -0.2) is 13.1 Å². The first kappa shape index (κ1) is 26.2. The number of sulfonamides is 1. The first-order valence-corrected chi connectivity index (χ1v) is 15.4. The summed E-state index contributed by atoms with van der Waals surface area (Å²) >= 11 is 1.47. The van der Waals surface area contributed by atoms with Crippen LogP contribution >= 0.6 is 11.8 Å². The van der Waals surface area contributed by atoms with Crippen LogP contribution in [0, 0.1) is 0 Å².